The smallest absolute Gasteiger partial charge is 0.0594 e. The van der Waals surface area contributed by atoms with Crippen molar-refractivity contribution in [3.63, 3.8) is 0 Å². The lowest BCUT2D eigenvalue weighted by Crippen LogP contribution is -2.47. The molecule has 1 aliphatic carbocycles. The van der Waals surface area contributed by atoms with Gasteiger partial charge >= 0.3 is 0 Å². The third-order valence-corrected chi connectivity index (χ3v) is 3.79. The van der Waals surface area contributed by atoms with Crippen molar-refractivity contribution in [2.45, 2.75) is 37.8 Å². The molecule has 0 bridgehead atoms. The SMILES string of the molecule is CN(C)CCOCCN1CCCC(NC2CC2)C1. The summed E-state index contributed by atoms with van der Waals surface area (Å²) in [6.45, 7) is 6.31. The van der Waals surface area contributed by atoms with E-state index in [0.29, 0.717) is 0 Å². The van der Waals surface area contributed by atoms with Gasteiger partial charge in [0.15, 0.2) is 0 Å². The molecule has 1 aliphatic heterocycles. The molecule has 1 unspecified atom stereocenters. The maximum absolute atomic E-state index is 5.67. The van der Waals surface area contributed by atoms with Crippen molar-refractivity contribution in [1.82, 2.24) is 15.1 Å². The predicted molar refractivity (Wildman–Crippen MR) is 75.0 cm³/mol. The van der Waals surface area contributed by atoms with Crippen LogP contribution in [-0.2, 0) is 4.74 Å². The molecule has 1 saturated heterocycles. The van der Waals surface area contributed by atoms with Crippen molar-refractivity contribution < 1.29 is 4.74 Å². The largest absolute Gasteiger partial charge is 0.379 e. The Morgan fingerprint density at radius 3 is 2.72 bits per heavy atom. The molecule has 1 saturated carbocycles. The monoisotopic (exact) mass is 255 g/mol. The fraction of sp³-hybridized carbons (Fsp3) is 1.00. The molecule has 0 radical (unpaired) electrons. The number of piperidine rings is 1. The van der Waals surface area contributed by atoms with Crippen LogP contribution in [0.4, 0.5) is 0 Å². The summed E-state index contributed by atoms with van der Waals surface area (Å²) in [5, 5.41) is 3.75. The van der Waals surface area contributed by atoms with Crippen LogP contribution in [0.2, 0.25) is 0 Å². The number of nitrogens with zero attached hydrogens (tertiary/aromatic N) is 2. The Morgan fingerprint density at radius 2 is 2.00 bits per heavy atom. The summed E-state index contributed by atoms with van der Waals surface area (Å²) < 4.78 is 5.67. The highest BCUT2D eigenvalue weighted by molar-refractivity contribution is 4.87. The molecule has 2 aliphatic rings. The summed E-state index contributed by atoms with van der Waals surface area (Å²) in [5.74, 6) is 0. The van der Waals surface area contributed by atoms with Crippen LogP contribution in [0, 0.1) is 0 Å². The molecule has 0 aromatic rings. The van der Waals surface area contributed by atoms with Crippen molar-refractivity contribution in [3.05, 3.63) is 0 Å². The van der Waals surface area contributed by atoms with Crippen molar-refractivity contribution in [2.24, 2.45) is 0 Å². The molecule has 2 fully saturated rings. The summed E-state index contributed by atoms with van der Waals surface area (Å²) >= 11 is 0. The highest BCUT2D eigenvalue weighted by Crippen LogP contribution is 2.21. The van der Waals surface area contributed by atoms with Gasteiger partial charge in [0, 0.05) is 31.7 Å². The second-order valence-electron chi connectivity index (χ2n) is 6.00. The molecule has 106 valence electrons. The second kappa shape index (κ2) is 7.43. The zero-order valence-electron chi connectivity index (χ0n) is 12.0. The lowest BCUT2D eigenvalue weighted by atomic mass is 10.1. The molecule has 4 nitrogen and oxygen atoms in total. The number of likely N-dealkylation sites (tertiary alicyclic amines) is 1. The third kappa shape index (κ3) is 5.65. The molecule has 0 aromatic carbocycles. The number of rotatable bonds is 8. The van der Waals surface area contributed by atoms with E-state index >= 15 is 0 Å². The first-order valence-corrected chi connectivity index (χ1v) is 7.45. The van der Waals surface area contributed by atoms with E-state index in [4.69, 9.17) is 4.74 Å². The maximum Gasteiger partial charge on any atom is 0.0594 e. The van der Waals surface area contributed by atoms with Crippen LogP contribution in [-0.4, -0.2) is 75.4 Å². The van der Waals surface area contributed by atoms with Crippen LogP contribution in [0.25, 0.3) is 0 Å². The first kappa shape index (κ1) is 14.3. The first-order valence-electron chi connectivity index (χ1n) is 7.45. The zero-order valence-corrected chi connectivity index (χ0v) is 12.0. The van der Waals surface area contributed by atoms with Gasteiger partial charge in [0.05, 0.1) is 13.2 Å². The minimum absolute atomic E-state index is 0.730. The zero-order chi connectivity index (χ0) is 12.8. The summed E-state index contributed by atoms with van der Waals surface area (Å²) in [4.78, 5) is 4.72. The van der Waals surface area contributed by atoms with E-state index in [-0.39, 0.29) is 0 Å². The summed E-state index contributed by atoms with van der Waals surface area (Å²) in [7, 11) is 4.17. The average Bonchev–Trinajstić information content (AvgIpc) is 3.13. The Kier molecular flexibility index (Phi) is 5.89. The topological polar surface area (TPSA) is 27.7 Å². The van der Waals surface area contributed by atoms with E-state index in [1.54, 1.807) is 0 Å². The molecular weight excluding hydrogens is 226 g/mol. The van der Waals surface area contributed by atoms with Crippen molar-refractivity contribution >= 4 is 0 Å². The van der Waals surface area contributed by atoms with Gasteiger partial charge < -0.3 is 15.0 Å². The minimum atomic E-state index is 0.730. The number of hydrogen-bond donors (Lipinski definition) is 1. The number of nitrogens with one attached hydrogen (secondary N) is 1. The van der Waals surface area contributed by atoms with Gasteiger partial charge in [0.2, 0.25) is 0 Å². The molecule has 0 spiro atoms. The van der Waals surface area contributed by atoms with Gasteiger partial charge in [-0.3, -0.25) is 4.90 Å². The number of likely N-dealkylation sites (N-methyl/N-ethyl adjacent to an activating group) is 1. The number of ether oxygens (including phenoxy) is 1. The molecule has 1 atom stereocenters. The Bertz CT molecular complexity index is 231. The highest BCUT2D eigenvalue weighted by atomic mass is 16.5. The van der Waals surface area contributed by atoms with E-state index in [1.807, 2.05) is 0 Å². The quantitative estimate of drug-likeness (QED) is 0.649. The summed E-state index contributed by atoms with van der Waals surface area (Å²) in [6, 6.07) is 1.57. The lowest BCUT2D eigenvalue weighted by molar-refractivity contribution is 0.0809. The van der Waals surface area contributed by atoms with Gasteiger partial charge in [-0.15, -0.1) is 0 Å². The van der Waals surface area contributed by atoms with Crippen LogP contribution in [0.1, 0.15) is 25.7 Å². The molecule has 1 N–H and O–H groups in total. The van der Waals surface area contributed by atoms with Crippen LogP contribution in [0.3, 0.4) is 0 Å². The Balaban J connectivity index is 1.51. The average molecular weight is 255 g/mol. The molecule has 18 heavy (non-hydrogen) atoms. The standard InChI is InChI=1S/C14H29N3O/c1-16(2)8-10-18-11-9-17-7-3-4-14(12-17)15-13-5-6-13/h13-15H,3-12H2,1-2H3. The maximum atomic E-state index is 5.67. The molecule has 2 rings (SSSR count). The molecule has 4 heteroatoms. The fourth-order valence-corrected chi connectivity index (χ4v) is 2.52. The summed E-state index contributed by atoms with van der Waals surface area (Å²) in [6.07, 6.45) is 5.48. The van der Waals surface area contributed by atoms with Crippen LogP contribution in [0.15, 0.2) is 0 Å². The summed E-state index contributed by atoms with van der Waals surface area (Å²) in [5.41, 5.74) is 0. The molecule has 0 aromatic heterocycles. The van der Waals surface area contributed by atoms with Crippen LogP contribution >= 0.6 is 0 Å². The van der Waals surface area contributed by atoms with Crippen LogP contribution in [0.5, 0.6) is 0 Å². The minimum Gasteiger partial charge on any atom is -0.379 e. The predicted octanol–water partition coefficient (Wildman–Crippen LogP) is 0.781. The van der Waals surface area contributed by atoms with E-state index in [2.05, 4.69) is 29.2 Å². The van der Waals surface area contributed by atoms with Crippen LogP contribution < -0.4 is 5.32 Å². The molecule has 1 heterocycles. The van der Waals surface area contributed by atoms with Gasteiger partial charge in [-0.1, -0.05) is 0 Å². The third-order valence-electron chi connectivity index (χ3n) is 3.79. The van der Waals surface area contributed by atoms with Gasteiger partial charge in [-0.05, 0) is 46.3 Å². The fourth-order valence-electron chi connectivity index (χ4n) is 2.52. The molecule has 0 amide bonds. The van der Waals surface area contributed by atoms with E-state index < -0.39 is 0 Å². The van der Waals surface area contributed by atoms with Crippen molar-refractivity contribution in [2.75, 3.05) is 53.5 Å². The van der Waals surface area contributed by atoms with Gasteiger partial charge in [-0.25, -0.2) is 0 Å². The van der Waals surface area contributed by atoms with E-state index in [0.717, 1.165) is 38.4 Å². The first-order chi connectivity index (χ1) is 8.74. The van der Waals surface area contributed by atoms with Crippen molar-refractivity contribution in [3.8, 4) is 0 Å². The Labute approximate surface area is 112 Å². The second-order valence-corrected chi connectivity index (χ2v) is 6.00. The lowest BCUT2D eigenvalue weighted by Gasteiger charge is -2.33. The Hall–Kier alpha value is -0.160. The van der Waals surface area contributed by atoms with Gasteiger partial charge in [0.25, 0.3) is 0 Å². The normalized spacial score (nSPS) is 25.8. The highest BCUT2D eigenvalue weighted by Gasteiger charge is 2.27. The van der Waals surface area contributed by atoms with Crippen molar-refractivity contribution in [1.29, 1.82) is 0 Å². The van der Waals surface area contributed by atoms with E-state index in [1.165, 1.54) is 38.8 Å². The molecular formula is C14H29N3O. The van der Waals surface area contributed by atoms with E-state index in [9.17, 15) is 0 Å². The number of hydrogen-bond acceptors (Lipinski definition) is 4. The van der Waals surface area contributed by atoms with Gasteiger partial charge in [0.1, 0.15) is 0 Å². The van der Waals surface area contributed by atoms with Gasteiger partial charge in [-0.2, -0.15) is 0 Å². The Morgan fingerprint density at radius 1 is 1.17 bits per heavy atom.